The standard InChI is InChI=1S/C18H14N6O4/c1-22-9-8-19-17(22)18(25)20-12-4-2-11(3-5-12)16-21-14-7-6-13(24(27)28)10-15(14)23(16)26/h2-10,26H,1H3,(H,20,25). The number of fused-ring (bicyclic) bond motifs is 1. The summed E-state index contributed by atoms with van der Waals surface area (Å²) in [6, 6.07) is 10.7. The van der Waals surface area contributed by atoms with Gasteiger partial charge in [-0.05, 0) is 30.3 Å². The van der Waals surface area contributed by atoms with E-state index in [2.05, 4.69) is 15.3 Å². The van der Waals surface area contributed by atoms with Crippen molar-refractivity contribution in [3.63, 3.8) is 0 Å². The molecule has 0 saturated heterocycles. The summed E-state index contributed by atoms with van der Waals surface area (Å²) in [6.07, 6.45) is 3.21. The molecule has 0 unspecified atom stereocenters. The number of amides is 1. The Morgan fingerprint density at radius 2 is 1.96 bits per heavy atom. The molecule has 0 atom stereocenters. The van der Waals surface area contributed by atoms with Gasteiger partial charge < -0.3 is 15.1 Å². The van der Waals surface area contributed by atoms with Crippen molar-refractivity contribution in [3.05, 3.63) is 70.8 Å². The van der Waals surface area contributed by atoms with Crippen LogP contribution in [-0.2, 0) is 7.05 Å². The molecule has 0 radical (unpaired) electrons. The van der Waals surface area contributed by atoms with Crippen molar-refractivity contribution in [2.24, 2.45) is 7.05 Å². The first kappa shape index (κ1) is 17.2. The number of anilines is 1. The third-order valence-corrected chi connectivity index (χ3v) is 4.25. The predicted molar refractivity (Wildman–Crippen MR) is 100 cm³/mol. The maximum atomic E-state index is 12.2. The molecular weight excluding hydrogens is 364 g/mol. The number of hydrogen-bond donors (Lipinski definition) is 2. The molecule has 0 aliphatic heterocycles. The van der Waals surface area contributed by atoms with Crippen LogP contribution in [0.2, 0.25) is 0 Å². The highest BCUT2D eigenvalue weighted by Gasteiger charge is 2.16. The minimum Gasteiger partial charge on any atom is -0.426 e. The summed E-state index contributed by atoms with van der Waals surface area (Å²) < 4.78 is 2.42. The summed E-state index contributed by atoms with van der Waals surface area (Å²) in [7, 11) is 1.72. The van der Waals surface area contributed by atoms with Crippen LogP contribution in [0.5, 0.6) is 0 Å². The van der Waals surface area contributed by atoms with E-state index >= 15 is 0 Å². The zero-order valence-electron chi connectivity index (χ0n) is 14.6. The molecule has 0 saturated carbocycles. The lowest BCUT2D eigenvalue weighted by atomic mass is 10.2. The van der Waals surface area contributed by atoms with E-state index in [1.807, 2.05) is 0 Å². The van der Waals surface area contributed by atoms with Gasteiger partial charge in [0.2, 0.25) is 0 Å². The average Bonchev–Trinajstić information content (AvgIpc) is 3.25. The Labute approximate surface area is 157 Å². The molecule has 0 bridgehead atoms. The normalized spacial score (nSPS) is 10.9. The second kappa shape index (κ2) is 6.50. The Morgan fingerprint density at radius 3 is 2.61 bits per heavy atom. The van der Waals surface area contributed by atoms with Crippen molar-refractivity contribution in [3.8, 4) is 11.4 Å². The molecule has 0 fully saturated rings. The van der Waals surface area contributed by atoms with Gasteiger partial charge in [-0.2, -0.15) is 4.73 Å². The molecule has 2 aromatic carbocycles. The number of carbonyl (C=O) groups is 1. The molecule has 28 heavy (non-hydrogen) atoms. The second-order valence-corrected chi connectivity index (χ2v) is 6.07. The molecule has 140 valence electrons. The number of aromatic nitrogens is 4. The van der Waals surface area contributed by atoms with Crippen LogP contribution >= 0.6 is 0 Å². The quantitative estimate of drug-likeness (QED) is 0.319. The van der Waals surface area contributed by atoms with Gasteiger partial charge in [0, 0.05) is 42.8 Å². The highest BCUT2D eigenvalue weighted by Crippen LogP contribution is 2.27. The van der Waals surface area contributed by atoms with Crippen LogP contribution in [0, 0.1) is 10.1 Å². The molecule has 10 nitrogen and oxygen atoms in total. The molecule has 0 aliphatic carbocycles. The number of nitrogens with one attached hydrogen (secondary N) is 1. The van der Waals surface area contributed by atoms with E-state index in [1.165, 1.54) is 24.4 Å². The summed E-state index contributed by atoms with van der Waals surface area (Å²) in [5, 5.41) is 24.0. The summed E-state index contributed by atoms with van der Waals surface area (Å²) in [4.78, 5) is 30.9. The number of non-ortho nitro benzene ring substituents is 1. The van der Waals surface area contributed by atoms with Gasteiger partial charge in [0.25, 0.3) is 11.6 Å². The SMILES string of the molecule is Cn1ccnc1C(=O)Nc1ccc(-c2nc3ccc([N+](=O)[O-])cc3n2O)cc1. The lowest BCUT2D eigenvalue weighted by Gasteiger charge is -2.06. The molecule has 4 aromatic rings. The number of benzene rings is 2. The fourth-order valence-corrected chi connectivity index (χ4v) is 2.83. The number of nitrogens with zero attached hydrogens (tertiary/aromatic N) is 5. The Kier molecular flexibility index (Phi) is 4.00. The van der Waals surface area contributed by atoms with Crippen molar-refractivity contribution >= 4 is 28.3 Å². The van der Waals surface area contributed by atoms with Gasteiger partial charge in [0.05, 0.1) is 10.4 Å². The fraction of sp³-hybridized carbons (Fsp3) is 0.0556. The molecule has 10 heteroatoms. The third kappa shape index (κ3) is 2.92. The van der Waals surface area contributed by atoms with E-state index in [0.717, 1.165) is 4.73 Å². The minimum atomic E-state index is -0.537. The first-order valence-electron chi connectivity index (χ1n) is 8.19. The Hall–Kier alpha value is -4.21. The Balaban J connectivity index is 1.62. The average molecular weight is 378 g/mol. The van der Waals surface area contributed by atoms with Crippen LogP contribution in [0.15, 0.2) is 54.9 Å². The summed E-state index contributed by atoms with van der Waals surface area (Å²) in [5.41, 5.74) is 1.65. The molecule has 2 N–H and O–H groups in total. The van der Waals surface area contributed by atoms with E-state index in [4.69, 9.17) is 0 Å². The van der Waals surface area contributed by atoms with Gasteiger partial charge >= 0.3 is 0 Å². The topological polar surface area (TPSA) is 128 Å². The number of nitro groups is 1. The molecule has 0 aliphatic rings. The second-order valence-electron chi connectivity index (χ2n) is 6.07. The largest absolute Gasteiger partial charge is 0.426 e. The van der Waals surface area contributed by atoms with Crippen LogP contribution in [0.25, 0.3) is 22.4 Å². The van der Waals surface area contributed by atoms with E-state index in [1.54, 1.807) is 42.1 Å². The van der Waals surface area contributed by atoms with Crippen molar-refractivity contribution in [2.45, 2.75) is 0 Å². The van der Waals surface area contributed by atoms with Crippen LogP contribution in [-0.4, -0.2) is 35.3 Å². The Bertz CT molecular complexity index is 1210. The summed E-state index contributed by atoms with van der Waals surface area (Å²) in [6.45, 7) is 0. The lowest BCUT2D eigenvalue weighted by Crippen LogP contribution is -2.16. The van der Waals surface area contributed by atoms with E-state index in [-0.39, 0.29) is 28.8 Å². The van der Waals surface area contributed by atoms with Gasteiger partial charge in [-0.3, -0.25) is 14.9 Å². The van der Waals surface area contributed by atoms with Gasteiger partial charge in [-0.15, -0.1) is 0 Å². The minimum absolute atomic E-state index is 0.137. The first-order valence-corrected chi connectivity index (χ1v) is 8.19. The van der Waals surface area contributed by atoms with Gasteiger partial charge in [-0.1, -0.05) is 0 Å². The van der Waals surface area contributed by atoms with E-state index < -0.39 is 4.92 Å². The molecule has 1 amide bonds. The zero-order chi connectivity index (χ0) is 19.8. The van der Waals surface area contributed by atoms with Crippen LogP contribution in [0.4, 0.5) is 11.4 Å². The van der Waals surface area contributed by atoms with E-state index in [9.17, 15) is 20.1 Å². The monoisotopic (exact) mass is 378 g/mol. The lowest BCUT2D eigenvalue weighted by molar-refractivity contribution is -0.384. The zero-order valence-corrected chi connectivity index (χ0v) is 14.6. The molecule has 2 heterocycles. The molecule has 2 aromatic heterocycles. The highest BCUT2D eigenvalue weighted by atomic mass is 16.6. The summed E-state index contributed by atoms with van der Waals surface area (Å²) >= 11 is 0. The van der Waals surface area contributed by atoms with E-state index in [0.29, 0.717) is 16.8 Å². The van der Waals surface area contributed by atoms with Crippen molar-refractivity contribution in [2.75, 3.05) is 5.32 Å². The maximum absolute atomic E-state index is 12.2. The molecule has 4 rings (SSSR count). The number of aryl methyl sites for hydroxylation is 1. The molecule has 0 spiro atoms. The fourth-order valence-electron chi connectivity index (χ4n) is 2.83. The number of carbonyl (C=O) groups excluding carboxylic acids is 1. The highest BCUT2D eigenvalue weighted by molar-refractivity contribution is 6.01. The summed E-state index contributed by atoms with van der Waals surface area (Å²) in [5.74, 6) is 0.169. The van der Waals surface area contributed by atoms with Gasteiger partial charge in [0.15, 0.2) is 11.6 Å². The Morgan fingerprint density at radius 1 is 1.21 bits per heavy atom. The van der Waals surface area contributed by atoms with Crippen LogP contribution in [0.3, 0.4) is 0 Å². The molecular formula is C18H14N6O4. The predicted octanol–water partition coefficient (Wildman–Crippen LogP) is 2.83. The van der Waals surface area contributed by atoms with Gasteiger partial charge in [-0.25, -0.2) is 9.97 Å². The maximum Gasteiger partial charge on any atom is 0.291 e. The number of rotatable bonds is 4. The van der Waals surface area contributed by atoms with Crippen LogP contribution < -0.4 is 5.32 Å². The first-order chi connectivity index (χ1) is 13.4. The number of hydrogen-bond acceptors (Lipinski definition) is 6. The third-order valence-electron chi connectivity index (χ3n) is 4.25. The van der Waals surface area contributed by atoms with Gasteiger partial charge in [0.1, 0.15) is 5.52 Å². The van der Waals surface area contributed by atoms with Crippen molar-refractivity contribution < 1.29 is 14.9 Å². The number of imidazole rings is 2. The van der Waals surface area contributed by atoms with Crippen molar-refractivity contribution in [1.82, 2.24) is 19.3 Å². The smallest absolute Gasteiger partial charge is 0.291 e. The van der Waals surface area contributed by atoms with Crippen LogP contribution in [0.1, 0.15) is 10.6 Å². The number of nitro benzene ring substituents is 1. The van der Waals surface area contributed by atoms with Crippen molar-refractivity contribution in [1.29, 1.82) is 0 Å².